The number of hydrogen-bond acceptors (Lipinski definition) is 0. The number of hydrogen-bond donors (Lipinski definition) is 0. The van der Waals surface area contributed by atoms with Gasteiger partial charge in [-0.3, -0.25) is 0 Å². The highest BCUT2D eigenvalue weighted by molar-refractivity contribution is 5.96. The molecule has 0 fully saturated rings. The van der Waals surface area contributed by atoms with Crippen LogP contribution in [-0.4, -0.2) is 0 Å². The van der Waals surface area contributed by atoms with Crippen molar-refractivity contribution in [1.29, 1.82) is 0 Å². The van der Waals surface area contributed by atoms with Gasteiger partial charge in [0, 0.05) is 5.92 Å². The Balaban J connectivity index is 2.10. The van der Waals surface area contributed by atoms with Crippen molar-refractivity contribution in [3.8, 4) is 0 Å². The smallest absolute Gasteiger partial charge is 0.0130 e. The summed E-state index contributed by atoms with van der Waals surface area (Å²) in [5.74, 6) is 0.367. The summed E-state index contributed by atoms with van der Waals surface area (Å²) >= 11 is 0. The second-order valence-corrected chi connectivity index (χ2v) is 6.09. The van der Waals surface area contributed by atoms with E-state index >= 15 is 0 Å². The van der Waals surface area contributed by atoms with Crippen molar-refractivity contribution >= 4 is 11.6 Å². The molecule has 0 heterocycles. The second-order valence-electron chi connectivity index (χ2n) is 6.09. The van der Waals surface area contributed by atoms with Gasteiger partial charge in [-0.1, -0.05) is 55.1 Å². The standard InChI is InChI=1S/C22H22/c1-5-8-19-17(4)22(21-10-7-6-9-20(19)21)14-18-12-11-15(2)16(3)13-18/h5-7,9-14,19H,1,4,8H2,2-3H3. The molecule has 0 saturated heterocycles. The van der Waals surface area contributed by atoms with E-state index in [9.17, 15) is 0 Å². The normalized spacial score (nSPS) is 18.5. The highest BCUT2D eigenvalue weighted by atomic mass is 14.3. The van der Waals surface area contributed by atoms with Gasteiger partial charge >= 0.3 is 0 Å². The minimum Gasteiger partial charge on any atom is -0.103 e. The molecule has 2 aromatic rings. The molecule has 0 amide bonds. The fourth-order valence-electron chi connectivity index (χ4n) is 3.22. The minimum atomic E-state index is 0.367. The SMILES string of the molecule is C=CCC1C(=C)C(=Cc2ccc(C)c(C)c2)c2ccccc21. The van der Waals surface area contributed by atoms with Crippen LogP contribution in [0.4, 0.5) is 0 Å². The largest absolute Gasteiger partial charge is 0.103 e. The van der Waals surface area contributed by atoms with Crippen LogP contribution in [-0.2, 0) is 0 Å². The predicted molar refractivity (Wildman–Crippen MR) is 96.9 cm³/mol. The zero-order valence-corrected chi connectivity index (χ0v) is 13.4. The highest BCUT2D eigenvalue weighted by Crippen LogP contribution is 2.47. The van der Waals surface area contributed by atoms with E-state index in [1.165, 1.54) is 39.0 Å². The van der Waals surface area contributed by atoms with Crippen molar-refractivity contribution in [2.75, 3.05) is 0 Å². The summed E-state index contributed by atoms with van der Waals surface area (Å²) in [4.78, 5) is 0. The van der Waals surface area contributed by atoms with Crippen LogP contribution in [0.5, 0.6) is 0 Å². The zero-order chi connectivity index (χ0) is 15.7. The van der Waals surface area contributed by atoms with Gasteiger partial charge in [-0.15, -0.1) is 6.58 Å². The van der Waals surface area contributed by atoms with Crippen LogP contribution < -0.4 is 0 Å². The summed E-state index contributed by atoms with van der Waals surface area (Å²) in [5.41, 5.74) is 9.07. The van der Waals surface area contributed by atoms with Crippen LogP contribution in [0.25, 0.3) is 11.6 Å². The lowest BCUT2D eigenvalue weighted by Crippen LogP contribution is -1.93. The van der Waals surface area contributed by atoms with Gasteiger partial charge in [-0.25, -0.2) is 0 Å². The Labute approximate surface area is 133 Å². The van der Waals surface area contributed by atoms with Gasteiger partial charge in [-0.2, -0.15) is 0 Å². The molecule has 0 spiro atoms. The third kappa shape index (κ3) is 2.46. The average molecular weight is 286 g/mol. The van der Waals surface area contributed by atoms with E-state index in [0.29, 0.717) is 5.92 Å². The molecule has 1 unspecified atom stereocenters. The summed E-state index contributed by atoms with van der Waals surface area (Å²) in [6, 6.07) is 15.3. The van der Waals surface area contributed by atoms with Crippen molar-refractivity contribution < 1.29 is 0 Å². The maximum Gasteiger partial charge on any atom is 0.0130 e. The van der Waals surface area contributed by atoms with Gasteiger partial charge < -0.3 is 0 Å². The maximum atomic E-state index is 4.37. The molecule has 0 N–H and O–H groups in total. The van der Waals surface area contributed by atoms with E-state index in [1.807, 2.05) is 6.08 Å². The van der Waals surface area contributed by atoms with Crippen LogP contribution in [0.15, 0.2) is 67.3 Å². The highest BCUT2D eigenvalue weighted by Gasteiger charge is 2.28. The molecule has 0 aromatic heterocycles. The number of benzene rings is 2. The molecule has 0 radical (unpaired) electrons. The van der Waals surface area contributed by atoms with Gasteiger partial charge in [0.15, 0.2) is 0 Å². The van der Waals surface area contributed by atoms with Gasteiger partial charge in [0.25, 0.3) is 0 Å². The van der Waals surface area contributed by atoms with E-state index in [-0.39, 0.29) is 0 Å². The van der Waals surface area contributed by atoms with Crippen molar-refractivity contribution in [3.63, 3.8) is 0 Å². The van der Waals surface area contributed by atoms with Crippen LogP contribution in [0.1, 0.15) is 40.2 Å². The number of fused-ring (bicyclic) bond motifs is 1. The lowest BCUT2D eigenvalue weighted by Gasteiger charge is -2.09. The van der Waals surface area contributed by atoms with Crippen LogP contribution >= 0.6 is 0 Å². The van der Waals surface area contributed by atoms with E-state index in [0.717, 1.165) is 6.42 Å². The Kier molecular flexibility index (Phi) is 3.85. The van der Waals surface area contributed by atoms with Gasteiger partial charge in [0.1, 0.15) is 0 Å². The van der Waals surface area contributed by atoms with E-state index in [2.05, 4.69) is 75.5 Å². The summed E-state index contributed by atoms with van der Waals surface area (Å²) in [7, 11) is 0. The Morgan fingerprint density at radius 3 is 2.55 bits per heavy atom. The fraction of sp³-hybridized carbons (Fsp3) is 0.182. The third-order valence-electron chi connectivity index (χ3n) is 4.64. The molecule has 1 atom stereocenters. The van der Waals surface area contributed by atoms with E-state index in [4.69, 9.17) is 0 Å². The second kappa shape index (κ2) is 5.81. The quantitative estimate of drug-likeness (QED) is 0.600. The molecule has 3 rings (SSSR count). The van der Waals surface area contributed by atoms with E-state index < -0.39 is 0 Å². The lowest BCUT2D eigenvalue weighted by atomic mass is 9.94. The molecule has 2 aromatic carbocycles. The predicted octanol–water partition coefficient (Wildman–Crippen LogP) is 6.07. The van der Waals surface area contributed by atoms with Gasteiger partial charge in [-0.05, 0) is 65.3 Å². The Hall–Kier alpha value is -2.34. The molecule has 0 heteroatoms. The average Bonchev–Trinajstić information content (AvgIpc) is 2.77. The summed E-state index contributed by atoms with van der Waals surface area (Å²) in [6.07, 6.45) is 5.21. The molecule has 0 saturated carbocycles. The topological polar surface area (TPSA) is 0 Å². The monoisotopic (exact) mass is 286 g/mol. The van der Waals surface area contributed by atoms with Crippen molar-refractivity contribution in [2.45, 2.75) is 26.2 Å². The molecule has 22 heavy (non-hydrogen) atoms. The molecular weight excluding hydrogens is 264 g/mol. The first kappa shape index (κ1) is 14.6. The molecule has 1 aliphatic carbocycles. The lowest BCUT2D eigenvalue weighted by molar-refractivity contribution is 0.860. The fourth-order valence-corrected chi connectivity index (χ4v) is 3.22. The zero-order valence-electron chi connectivity index (χ0n) is 13.4. The number of allylic oxidation sites excluding steroid dienone is 3. The van der Waals surface area contributed by atoms with Crippen molar-refractivity contribution in [1.82, 2.24) is 0 Å². The first-order valence-electron chi connectivity index (χ1n) is 7.80. The van der Waals surface area contributed by atoms with Crippen LogP contribution in [0, 0.1) is 13.8 Å². The Morgan fingerprint density at radius 2 is 1.82 bits per heavy atom. The van der Waals surface area contributed by atoms with Gasteiger partial charge in [0.05, 0.1) is 0 Å². The molecule has 1 aliphatic rings. The summed E-state index contributed by atoms with van der Waals surface area (Å²) < 4.78 is 0. The summed E-state index contributed by atoms with van der Waals surface area (Å²) in [5, 5.41) is 0. The van der Waals surface area contributed by atoms with Crippen molar-refractivity contribution in [3.05, 3.63) is 95.1 Å². The molecule has 0 nitrogen and oxygen atoms in total. The molecule has 110 valence electrons. The number of rotatable bonds is 3. The van der Waals surface area contributed by atoms with Crippen molar-refractivity contribution in [2.24, 2.45) is 0 Å². The Bertz CT molecular complexity index is 774. The van der Waals surface area contributed by atoms with Crippen LogP contribution in [0.3, 0.4) is 0 Å². The Morgan fingerprint density at radius 1 is 1.05 bits per heavy atom. The molecule has 0 aliphatic heterocycles. The van der Waals surface area contributed by atoms with Crippen LogP contribution in [0.2, 0.25) is 0 Å². The molecule has 0 bridgehead atoms. The maximum absolute atomic E-state index is 4.37. The molecular formula is C22H22. The number of aryl methyl sites for hydroxylation is 2. The minimum absolute atomic E-state index is 0.367. The summed E-state index contributed by atoms with van der Waals surface area (Å²) in [6.45, 7) is 12.6. The third-order valence-corrected chi connectivity index (χ3v) is 4.64. The first-order chi connectivity index (χ1) is 10.6. The first-order valence-corrected chi connectivity index (χ1v) is 7.80. The van der Waals surface area contributed by atoms with E-state index in [1.54, 1.807) is 0 Å². The van der Waals surface area contributed by atoms with Gasteiger partial charge in [0.2, 0.25) is 0 Å².